The summed E-state index contributed by atoms with van der Waals surface area (Å²) in [6, 6.07) is 20.6. The van der Waals surface area contributed by atoms with Gasteiger partial charge in [-0.2, -0.15) is 0 Å². The predicted octanol–water partition coefficient (Wildman–Crippen LogP) is 2.93. The minimum atomic E-state index is -0.428. The number of benzene rings is 2. The van der Waals surface area contributed by atoms with Crippen molar-refractivity contribution >= 4 is 12.4 Å². The van der Waals surface area contributed by atoms with E-state index in [0.29, 0.717) is 6.54 Å². The number of halogens is 1. The average molecular weight is 334 g/mol. The summed E-state index contributed by atoms with van der Waals surface area (Å²) in [6.45, 7) is 3.99. The van der Waals surface area contributed by atoms with E-state index in [-0.39, 0.29) is 18.3 Å². The molecule has 3 nitrogen and oxygen atoms in total. The van der Waals surface area contributed by atoms with Crippen LogP contribution in [0.3, 0.4) is 0 Å². The third kappa shape index (κ3) is 4.79. The fraction of sp³-hybridized carbons (Fsp3) is 0.368. The maximum Gasteiger partial charge on any atom is 0.0776 e. The van der Waals surface area contributed by atoms with E-state index in [1.54, 1.807) is 0 Å². The quantitative estimate of drug-likeness (QED) is 0.913. The van der Waals surface area contributed by atoms with Crippen molar-refractivity contribution in [3.8, 4) is 0 Å². The van der Waals surface area contributed by atoms with Crippen molar-refractivity contribution in [2.75, 3.05) is 32.8 Å². The molecule has 2 aromatic carbocycles. The molecule has 2 aromatic rings. The Bertz CT molecular complexity index is 519. The van der Waals surface area contributed by atoms with Crippen LogP contribution in [-0.4, -0.2) is 49.0 Å². The first-order valence-corrected chi connectivity index (χ1v) is 7.92. The monoisotopic (exact) mass is 333 g/mol. The van der Waals surface area contributed by atoms with Crippen LogP contribution < -0.4 is 0 Å². The molecule has 0 saturated carbocycles. The molecule has 0 radical (unpaired) electrons. The van der Waals surface area contributed by atoms with E-state index in [0.717, 1.165) is 37.4 Å². The minimum Gasteiger partial charge on any atom is -0.391 e. The number of nitrogens with zero attached hydrogens (tertiary/aromatic N) is 1. The van der Waals surface area contributed by atoms with Crippen molar-refractivity contribution in [1.29, 1.82) is 0 Å². The molecule has 3 rings (SSSR count). The van der Waals surface area contributed by atoms with Crippen LogP contribution in [0.5, 0.6) is 0 Å². The Labute approximate surface area is 144 Å². The van der Waals surface area contributed by atoms with Crippen molar-refractivity contribution in [2.45, 2.75) is 12.0 Å². The Balaban J connectivity index is 0.00000192. The summed E-state index contributed by atoms with van der Waals surface area (Å²) in [5.41, 5.74) is 2.32. The molecule has 1 aliphatic heterocycles. The highest BCUT2D eigenvalue weighted by Crippen LogP contribution is 2.28. The van der Waals surface area contributed by atoms with Gasteiger partial charge in [0.25, 0.3) is 0 Å². The van der Waals surface area contributed by atoms with Crippen LogP contribution in [0.4, 0.5) is 0 Å². The van der Waals surface area contributed by atoms with Crippen LogP contribution in [0.1, 0.15) is 17.0 Å². The molecule has 1 N–H and O–H groups in total. The van der Waals surface area contributed by atoms with Gasteiger partial charge >= 0.3 is 0 Å². The number of hydrogen-bond acceptors (Lipinski definition) is 3. The summed E-state index contributed by atoms with van der Waals surface area (Å²) < 4.78 is 5.39. The summed E-state index contributed by atoms with van der Waals surface area (Å²) >= 11 is 0. The topological polar surface area (TPSA) is 32.7 Å². The minimum absolute atomic E-state index is 0. The van der Waals surface area contributed by atoms with Gasteiger partial charge in [0, 0.05) is 25.6 Å². The lowest BCUT2D eigenvalue weighted by molar-refractivity contribution is 0.0116. The molecule has 0 bridgehead atoms. The van der Waals surface area contributed by atoms with Crippen molar-refractivity contribution < 1.29 is 9.84 Å². The van der Waals surface area contributed by atoms with E-state index in [2.05, 4.69) is 29.2 Å². The van der Waals surface area contributed by atoms with Crippen LogP contribution in [0.2, 0.25) is 0 Å². The fourth-order valence-corrected chi connectivity index (χ4v) is 3.11. The van der Waals surface area contributed by atoms with Gasteiger partial charge in [-0.1, -0.05) is 60.7 Å². The van der Waals surface area contributed by atoms with Crippen LogP contribution in [0.15, 0.2) is 60.7 Å². The Morgan fingerprint density at radius 3 is 1.83 bits per heavy atom. The summed E-state index contributed by atoms with van der Waals surface area (Å²) in [5, 5.41) is 10.9. The fourth-order valence-electron chi connectivity index (χ4n) is 3.11. The number of aliphatic hydroxyl groups excluding tert-OH is 1. The van der Waals surface area contributed by atoms with Gasteiger partial charge in [-0.05, 0) is 11.1 Å². The maximum atomic E-state index is 10.9. The Kier molecular flexibility index (Phi) is 7.06. The molecule has 23 heavy (non-hydrogen) atoms. The highest BCUT2D eigenvalue weighted by atomic mass is 35.5. The number of aliphatic hydroxyl groups is 1. The molecular weight excluding hydrogens is 310 g/mol. The zero-order valence-electron chi connectivity index (χ0n) is 13.2. The average Bonchev–Trinajstić information content (AvgIpc) is 2.58. The highest BCUT2D eigenvalue weighted by Gasteiger charge is 2.25. The van der Waals surface area contributed by atoms with Gasteiger partial charge in [0.2, 0.25) is 0 Å². The first-order chi connectivity index (χ1) is 10.8. The molecule has 1 aliphatic rings. The molecule has 1 unspecified atom stereocenters. The smallest absolute Gasteiger partial charge is 0.0776 e. The number of hydrogen-bond donors (Lipinski definition) is 1. The summed E-state index contributed by atoms with van der Waals surface area (Å²) in [5.74, 6) is 0.00486. The molecule has 1 fully saturated rings. The lowest BCUT2D eigenvalue weighted by Crippen LogP contribution is -2.42. The first kappa shape index (κ1) is 18.0. The Hall–Kier alpha value is -1.39. The van der Waals surface area contributed by atoms with Crippen LogP contribution in [-0.2, 0) is 4.74 Å². The largest absolute Gasteiger partial charge is 0.391 e. The van der Waals surface area contributed by atoms with Gasteiger partial charge in [-0.15, -0.1) is 12.4 Å². The second-order valence-electron chi connectivity index (χ2n) is 5.78. The van der Waals surface area contributed by atoms with Crippen molar-refractivity contribution in [2.24, 2.45) is 0 Å². The molecule has 1 heterocycles. The molecule has 0 aliphatic carbocycles. The molecule has 4 heteroatoms. The highest BCUT2D eigenvalue weighted by molar-refractivity contribution is 5.85. The lowest BCUT2D eigenvalue weighted by Gasteiger charge is -2.32. The van der Waals surface area contributed by atoms with Crippen molar-refractivity contribution in [1.82, 2.24) is 4.90 Å². The molecule has 124 valence electrons. The van der Waals surface area contributed by atoms with E-state index >= 15 is 0 Å². The third-order valence-electron chi connectivity index (χ3n) is 4.25. The van der Waals surface area contributed by atoms with Gasteiger partial charge in [0.1, 0.15) is 0 Å². The molecule has 1 atom stereocenters. The summed E-state index contributed by atoms with van der Waals surface area (Å²) in [7, 11) is 0. The van der Waals surface area contributed by atoms with Gasteiger partial charge in [0.15, 0.2) is 0 Å². The molecule has 0 aromatic heterocycles. The normalized spacial score (nSPS) is 16.8. The molecule has 1 saturated heterocycles. The standard InChI is InChI=1S/C19H23NO2.ClH/c21-18(15-20-11-13-22-14-12-20)19(16-7-3-1-4-8-16)17-9-5-2-6-10-17;/h1-10,18-19,21H,11-15H2;1H. The maximum absolute atomic E-state index is 10.9. The number of ether oxygens (including phenoxy) is 1. The number of rotatable bonds is 5. The van der Waals surface area contributed by atoms with Crippen LogP contribution in [0.25, 0.3) is 0 Å². The Morgan fingerprint density at radius 1 is 0.870 bits per heavy atom. The van der Waals surface area contributed by atoms with Crippen LogP contribution >= 0.6 is 12.4 Å². The first-order valence-electron chi connectivity index (χ1n) is 7.92. The van der Waals surface area contributed by atoms with Gasteiger partial charge < -0.3 is 9.84 Å². The Morgan fingerprint density at radius 2 is 1.35 bits per heavy atom. The zero-order valence-corrected chi connectivity index (χ0v) is 14.0. The van der Waals surface area contributed by atoms with E-state index in [4.69, 9.17) is 4.74 Å². The van der Waals surface area contributed by atoms with E-state index in [1.807, 2.05) is 36.4 Å². The van der Waals surface area contributed by atoms with E-state index < -0.39 is 6.10 Å². The SMILES string of the molecule is Cl.OC(CN1CCOCC1)C(c1ccccc1)c1ccccc1. The van der Waals surface area contributed by atoms with E-state index in [9.17, 15) is 5.11 Å². The lowest BCUT2D eigenvalue weighted by atomic mass is 9.86. The second-order valence-corrected chi connectivity index (χ2v) is 5.78. The van der Waals surface area contributed by atoms with Crippen molar-refractivity contribution in [3.05, 3.63) is 71.8 Å². The van der Waals surface area contributed by atoms with Gasteiger partial charge in [-0.3, -0.25) is 4.90 Å². The van der Waals surface area contributed by atoms with Crippen LogP contribution in [0, 0.1) is 0 Å². The summed E-state index contributed by atoms with van der Waals surface area (Å²) in [6.07, 6.45) is -0.428. The number of β-amino-alcohol motifs (C(OH)–C–C–N with tert-alkyl or cyclic N) is 1. The predicted molar refractivity (Wildman–Crippen MR) is 95.2 cm³/mol. The third-order valence-corrected chi connectivity index (χ3v) is 4.25. The summed E-state index contributed by atoms with van der Waals surface area (Å²) in [4.78, 5) is 2.28. The molecule has 0 amide bonds. The van der Waals surface area contributed by atoms with Crippen molar-refractivity contribution in [3.63, 3.8) is 0 Å². The van der Waals surface area contributed by atoms with E-state index in [1.165, 1.54) is 0 Å². The van der Waals surface area contributed by atoms with Gasteiger partial charge in [-0.25, -0.2) is 0 Å². The second kappa shape index (κ2) is 9.04. The molecule has 0 spiro atoms. The zero-order chi connectivity index (χ0) is 15.2. The van der Waals surface area contributed by atoms with Gasteiger partial charge in [0.05, 0.1) is 19.3 Å². The molecular formula is C19H24ClNO2. The number of morpholine rings is 1.